The number of benzene rings is 1. The van der Waals surface area contributed by atoms with Crippen molar-refractivity contribution in [3.63, 3.8) is 0 Å². The van der Waals surface area contributed by atoms with Gasteiger partial charge in [0.25, 0.3) is 5.91 Å². The maximum Gasteiger partial charge on any atom is 0.275 e. The van der Waals surface area contributed by atoms with E-state index in [1.54, 1.807) is 12.4 Å². The van der Waals surface area contributed by atoms with Crippen LogP contribution in [0, 0.1) is 0 Å². The predicted octanol–water partition coefficient (Wildman–Crippen LogP) is 3.57. The van der Waals surface area contributed by atoms with E-state index in [1.165, 1.54) is 19.3 Å². The minimum atomic E-state index is -0.238. The lowest BCUT2D eigenvalue weighted by atomic mass is 10.1. The molecule has 2 heterocycles. The van der Waals surface area contributed by atoms with Crippen molar-refractivity contribution in [2.24, 2.45) is 0 Å². The zero-order chi connectivity index (χ0) is 18.4. The second-order valence-corrected chi connectivity index (χ2v) is 6.48. The summed E-state index contributed by atoms with van der Waals surface area (Å²) in [5.41, 5.74) is 2.24. The first-order valence-corrected chi connectivity index (χ1v) is 9.44. The monoisotopic (exact) mass is 353 g/mol. The van der Waals surface area contributed by atoms with Crippen LogP contribution in [-0.2, 0) is 0 Å². The molecule has 0 bridgehead atoms. The Balaban J connectivity index is 1.62. The Morgan fingerprint density at radius 1 is 1.04 bits per heavy atom. The molecule has 26 heavy (non-hydrogen) atoms. The van der Waals surface area contributed by atoms with Gasteiger partial charge in [-0.3, -0.25) is 4.79 Å². The van der Waals surface area contributed by atoms with Gasteiger partial charge in [-0.25, -0.2) is 9.97 Å². The summed E-state index contributed by atoms with van der Waals surface area (Å²) in [6.45, 7) is 8.21. The molecule has 1 aliphatic heterocycles. The smallest absolute Gasteiger partial charge is 0.275 e. The van der Waals surface area contributed by atoms with Crippen LogP contribution in [0.1, 0.15) is 43.6 Å². The normalized spacial score (nSPS) is 14.2. The number of aromatic nitrogens is 2. The molecule has 1 fully saturated rings. The number of anilines is 3. The number of rotatable bonds is 6. The summed E-state index contributed by atoms with van der Waals surface area (Å²) in [4.78, 5) is 25.6. The van der Waals surface area contributed by atoms with Crippen molar-refractivity contribution in [3.8, 4) is 0 Å². The first kappa shape index (κ1) is 18.2. The topological polar surface area (TPSA) is 61.4 Å². The molecule has 0 atom stereocenters. The SMILES string of the molecule is CCN(CC)c1ccc(NC(=O)c2cnc(N3CCCCC3)cn2)cc1. The van der Waals surface area contributed by atoms with Gasteiger partial charge in [-0.2, -0.15) is 0 Å². The molecule has 1 N–H and O–H groups in total. The molecule has 138 valence electrons. The second-order valence-electron chi connectivity index (χ2n) is 6.48. The van der Waals surface area contributed by atoms with E-state index in [0.717, 1.165) is 43.4 Å². The van der Waals surface area contributed by atoms with Crippen molar-refractivity contribution in [3.05, 3.63) is 42.4 Å². The van der Waals surface area contributed by atoms with Gasteiger partial charge in [0.2, 0.25) is 0 Å². The highest BCUT2D eigenvalue weighted by Gasteiger charge is 2.14. The van der Waals surface area contributed by atoms with Crippen LogP contribution in [0.5, 0.6) is 0 Å². The third-order valence-electron chi connectivity index (χ3n) is 4.80. The maximum atomic E-state index is 12.4. The summed E-state index contributed by atoms with van der Waals surface area (Å²) in [5.74, 6) is 0.614. The van der Waals surface area contributed by atoms with E-state index in [9.17, 15) is 4.79 Å². The summed E-state index contributed by atoms with van der Waals surface area (Å²) in [6.07, 6.45) is 6.91. The van der Waals surface area contributed by atoms with Gasteiger partial charge < -0.3 is 15.1 Å². The van der Waals surface area contributed by atoms with Crippen molar-refractivity contribution in [1.29, 1.82) is 0 Å². The molecule has 3 rings (SSSR count). The Bertz CT molecular complexity index is 704. The third kappa shape index (κ3) is 4.31. The van der Waals surface area contributed by atoms with E-state index in [2.05, 4.69) is 38.9 Å². The van der Waals surface area contributed by atoms with Gasteiger partial charge in [0.15, 0.2) is 0 Å². The van der Waals surface area contributed by atoms with Crippen molar-refractivity contribution in [2.45, 2.75) is 33.1 Å². The van der Waals surface area contributed by atoms with Crippen molar-refractivity contribution < 1.29 is 4.79 Å². The van der Waals surface area contributed by atoms with Crippen LogP contribution in [0.25, 0.3) is 0 Å². The number of carbonyl (C=O) groups excluding carboxylic acids is 1. The number of hydrogen-bond acceptors (Lipinski definition) is 5. The van der Waals surface area contributed by atoms with Gasteiger partial charge in [0.05, 0.1) is 12.4 Å². The first-order chi connectivity index (χ1) is 12.7. The fourth-order valence-electron chi connectivity index (χ4n) is 3.26. The average molecular weight is 353 g/mol. The molecule has 2 aromatic rings. The molecule has 1 aromatic heterocycles. The lowest BCUT2D eigenvalue weighted by Gasteiger charge is -2.27. The fourth-order valence-corrected chi connectivity index (χ4v) is 3.26. The number of hydrogen-bond donors (Lipinski definition) is 1. The molecule has 1 saturated heterocycles. The first-order valence-electron chi connectivity index (χ1n) is 9.44. The van der Waals surface area contributed by atoms with Gasteiger partial charge in [0, 0.05) is 37.6 Å². The minimum Gasteiger partial charge on any atom is -0.372 e. The summed E-state index contributed by atoms with van der Waals surface area (Å²) < 4.78 is 0. The quantitative estimate of drug-likeness (QED) is 0.860. The zero-order valence-electron chi connectivity index (χ0n) is 15.6. The molecule has 6 nitrogen and oxygen atoms in total. The van der Waals surface area contributed by atoms with Crippen molar-refractivity contribution >= 4 is 23.1 Å². The third-order valence-corrected chi connectivity index (χ3v) is 4.80. The summed E-state index contributed by atoms with van der Waals surface area (Å²) in [5, 5.41) is 2.89. The standard InChI is InChI=1S/C20H27N5O/c1-3-24(4-2)17-10-8-16(9-11-17)23-20(26)18-14-22-19(15-21-18)25-12-6-5-7-13-25/h8-11,14-15H,3-7,12-13H2,1-2H3,(H,23,26). The molecule has 6 heteroatoms. The highest BCUT2D eigenvalue weighted by Crippen LogP contribution is 2.19. The number of carbonyl (C=O) groups is 1. The van der Waals surface area contributed by atoms with Gasteiger partial charge in [-0.1, -0.05) is 0 Å². The Hall–Kier alpha value is -2.63. The maximum absolute atomic E-state index is 12.4. The van der Waals surface area contributed by atoms with Crippen LogP contribution in [0.3, 0.4) is 0 Å². The number of piperidine rings is 1. The van der Waals surface area contributed by atoms with Crippen LogP contribution in [0.2, 0.25) is 0 Å². The highest BCUT2D eigenvalue weighted by molar-refractivity contribution is 6.02. The van der Waals surface area contributed by atoms with Crippen LogP contribution < -0.4 is 15.1 Å². The Morgan fingerprint density at radius 3 is 2.31 bits per heavy atom. The van der Waals surface area contributed by atoms with Gasteiger partial charge in [-0.05, 0) is 57.4 Å². The molecule has 1 aliphatic rings. The highest BCUT2D eigenvalue weighted by atomic mass is 16.1. The van der Waals surface area contributed by atoms with Crippen molar-refractivity contribution in [2.75, 3.05) is 41.3 Å². The van der Waals surface area contributed by atoms with E-state index in [1.807, 2.05) is 24.3 Å². The van der Waals surface area contributed by atoms with E-state index in [0.29, 0.717) is 5.69 Å². The van der Waals surface area contributed by atoms with E-state index in [-0.39, 0.29) is 5.91 Å². The van der Waals surface area contributed by atoms with Gasteiger partial charge in [0.1, 0.15) is 11.5 Å². The van der Waals surface area contributed by atoms with Gasteiger partial charge in [-0.15, -0.1) is 0 Å². The fraction of sp³-hybridized carbons (Fsp3) is 0.450. The molecule has 0 spiro atoms. The average Bonchev–Trinajstić information content (AvgIpc) is 2.71. The van der Waals surface area contributed by atoms with Crippen LogP contribution in [-0.4, -0.2) is 42.1 Å². The number of amides is 1. The Kier molecular flexibility index (Phi) is 6.04. The molecule has 1 amide bonds. The second kappa shape index (κ2) is 8.65. The van der Waals surface area contributed by atoms with Crippen LogP contribution in [0.15, 0.2) is 36.7 Å². The van der Waals surface area contributed by atoms with Crippen LogP contribution >= 0.6 is 0 Å². The molecule has 0 unspecified atom stereocenters. The van der Waals surface area contributed by atoms with Gasteiger partial charge >= 0.3 is 0 Å². The Morgan fingerprint density at radius 2 is 1.73 bits per heavy atom. The predicted molar refractivity (Wildman–Crippen MR) is 106 cm³/mol. The van der Waals surface area contributed by atoms with E-state index >= 15 is 0 Å². The molecule has 0 radical (unpaired) electrons. The molecule has 0 saturated carbocycles. The van der Waals surface area contributed by atoms with E-state index in [4.69, 9.17) is 0 Å². The Labute approximate surface area is 155 Å². The zero-order valence-corrected chi connectivity index (χ0v) is 15.6. The molecular weight excluding hydrogens is 326 g/mol. The van der Waals surface area contributed by atoms with E-state index < -0.39 is 0 Å². The lowest BCUT2D eigenvalue weighted by molar-refractivity contribution is 0.102. The molecule has 0 aliphatic carbocycles. The van der Waals surface area contributed by atoms with Crippen LogP contribution in [0.4, 0.5) is 17.2 Å². The molecular formula is C20H27N5O. The number of nitrogens with one attached hydrogen (secondary N) is 1. The largest absolute Gasteiger partial charge is 0.372 e. The number of nitrogens with zero attached hydrogens (tertiary/aromatic N) is 4. The molecule has 1 aromatic carbocycles. The summed E-state index contributed by atoms with van der Waals surface area (Å²) in [7, 11) is 0. The summed E-state index contributed by atoms with van der Waals surface area (Å²) >= 11 is 0. The van der Waals surface area contributed by atoms with Crippen molar-refractivity contribution in [1.82, 2.24) is 9.97 Å². The minimum absolute atomic E-state index is 0.238. The summed E-state index contributed by atoms with van der Waals surface area (Å²) in [6, 6.07) is 7.88. The lowest BCUT2D eigenvalue weighted by Crippen LogP contribution is -2.30.